The Morgan fingerprint density at radius 1 is 1.04 bits per heavy atom. The van der Waals surface area contributed by atoms with Crippen molar-refractivity contribution >= 4 is 46.0 Å². The van der Waals surface area contributed by atoms with Crippen LogP contribution in [0.1, 0.15) is 0 Å². The quantitative estimate of drug-likeness (QED) is 0.540. The van der Waals surface area contributed by atoms with Crippen LogP contribution in [0.4, 0.5) is 22.1 Å². The average Bonchev–Trinajstić information content (AvgIpc) is 3.36. The Morgan fingerprint density at radius 3 is 2.65 bits per heavy atom. The van der Waals surface area contributed by atoms with Crippen LogP contribution < -0.4 is 10.2 Å². The number of thiazole rings is 2. The van der Waals surface area contributed by atoms with Crippen molar-refractivity contribution in [1.82, 2.24) is 15.0 Å². The summed E-state index contributed by atoms with van der Waals surface area (Å²) in [6.07, 6.45) is 3.47. The summed E-state index contributed by atoms with van der Waals surface area (Å²) in [7, 11) is 0. The topological polar surface area (TPSA) is 71.0 Å². The first kappa shape index (κ1) is 16.4. The fourth-order valence-corrected chi connectivity index (χ4v) is 3.63. The largest absolute Gasteiger partial charge is 0.333 e. The van der Waals surface area contributed by atoms with Gasteiger partial charge in [0.25, 0.3) is 0 Å². The molecule has 128 valence electrons. The Kier molecular flexibility index (Phi) is 4.67. The molecular formula is C18H13N5OS2. The lowest BCUT2D eigenvalue weighted by molar-refractivity contribution is 0.258. The number of rotatable bonds is 4. The number of nitrogens with one attached hydrogen (secondary N) is 1. The third kappa shape index (κ3) is 3.46. The molecule has 3 heterocycles. The first-order valence-electron chi connectivity index (χ1n) is 7.71. The first-order valence-corrected chi connectivity index (χ1v) is 9.54. The Labute approximate surface area is 157 Å². The monoisotopic (exact) mass is 379 g/mol. The Morgan fingerprint density at radius 2 is 1.92 bits per heavy atom. The normalized spacial score (nSPS) is 10.5. The van der Waals surface area contributed by atoms with Gasteiger partial charge in [0, 0.05) is 34.4 Å². The second-order valence-electron chi connectivity index (χ2n) is 5.23. The highest BCUT2D eigenvalue weighted by Gasteiger charge is 2.23. The predicted octanol–water partition coefficient (Wildman–Crippen LogP) is 5.03. The number of aromatic nitrogens is 3. The number of amides is 2. The van der Waals surface area contributed by atoms with Crippen LogP contribution in [0.15, 0.2) is 71.1 Å². The number of nitrogens with zero attached hydrogens (tertiary/aromatic N) is 4. The molecule has 6 nitrogen and oxygen atoms in total. The molecule has 4 rings (SSSR count). The zero-order chi connectivity index (χ0) is 17.8. The second kappa shape index (κ2) is 7.42. The summed E-state index contributed by atoms with van der Waals surface area (Å²) in [5, 5.41) is 7.33. The molecule has 0 saturated heterocycles. The second-order valence-corrected chi connectivity index (χ2v) is 6.81. The number of hydrogen-bond donors (Lipinski definition) is 1. The van der Waals surface area contributed by atoms with Crippen molar-refractivity contribution in [1.29, 1.82) is 0 Å². The van der Waals surface area contributed by atoms with Gasteiger partial charge in [-0.05, 0) is 24.3 Å². The van der Waals surface area contributed by atoms with Gasteiger partial charge < -0.3 is 5.32 Å². The Balaban J connectivity index is 1.66. The highest BCUT2D eigenvalue weighted by molar-refractivity contribution is 7.13. The van der Waals surface area contributed by atoms with Gasteiger partial charge in [-0.3, -0.25) is 4.98 Å². The molecule has 1 N–H and O–H groups in total. The van der Waals surface area contributed by atoms with Crippen molar-refractivity contribution in [2.75, 3.05) is 10.2 Å². The molecule has 0 fully saturated rings. The Bertz CT molecular complexity index is 987. The third-order valence-corrected chi connectivity index (χ3v) is 4.96. The van der Waals surface area contributed by atoms with E-state index in [0.29, 0.717) is 17.3 Å². The molecule has 0 aliphatic heterocycles. The van der Waals surface area contributed by atoms with Gasteiger partial charge in [0.15, 0.2) is 11.6 Å². The fourth-order valence-electron chi connectivity index (χ4n) is 2.33. The van der Waals surface area contributed by atoms with E-state index >= 15 is 0 Å². The van der Waals surface area contributed by atoms with Gasteiger partial charge in [-0.25, -0.2) is 19.7 Å². The Hall–Kier alpha value is -3.10. The number of urea groups is 1. The van der Waals surface area contributed by atoms with Gasteiger partial charge in [-0.15, -0.1) is 22.7 Å². The average molecular weight is 379 g/mol. The molecule has 8 heteroatoms. The predicted molar refractivity (Wildman–Crippen MR) is 105 cm³/mol. The minimum atomic E-state index is -0.315. The van der Waals surface area contributed by atoms with Crippen LogP contribution in [0, 0.1) is 0 Å². The summed E-state index contributed by atoms with van der Waals surface area (Å²) in [4.78, 5) is 27.4. The summed E-state index contributed by atoms with van der Waals surface area (Å²) in [5.74, 6) is 1.06. The molecule has 3 aromatic heterocycles. The highest BCUT2D eigenvalue weighted by Crippen LogP contribution is 2.31. The van der Waals surface area contributed by atoms with Crippen LogP contribution in [0.25, 0.3) is 10.6 Å². The zero-order valence-electron chi connectivity index (χ0n) is 13.4. The highest BCUT2D eigenvalue weighted by atomic mass is 32.1. The lowest BCUT2D eigenvalue weighted by atomic mass is 10.3. The molecule has 0 bridgehead atoms. The van der Waals surface area contributed by atoms with Gasteiger partial charge in [0.2, 0.25) is 0 Å². The number of para-hydroxylation sites is 1. The van der Waals surface area contributed by atoms with Gasteiger partial charge in [-0.2, -0.15) is 0 Å². The van der Waals surface area contributed by atoms with Gasteiger partial charge in [0.1, 0.15) is 5.01 Å². The lowest BCUT2D eigenvalue weighted by Gasteiger charge is -2.18. The summed E-state index contributed by atoms with van der Waals surface area (Å²) < 4.78 is 0. The standard InChI is InChI=1S/C18H13N5OS2/c24-18(21-14-6-2-1-3-7-14)23(15-10-25-12-20-15)16-11-26-17(22-16)13-5-4-8-19-9-13/h1-12H,(H,21,24). The van der Waals surface area contributed by atoms with E-state index in [2.05, 4.69) is 20.3 Å². The summed E-state index contributed by atoms with van der Waals surface area (Å²) in [6.45, 7) is 0. The van der Waals surface area contributed by atoms with Gasteiger partial charge in [-0.1, -0.05) is 18.2 Å². The molecule has 0 aliphatic rings. The van der Waals surface area contributed by atoms with Crippen molar-refractivity contribution in [2.24, 2.45) is 0 Å². The van der Waals surface area contributed by atoms with Crippen LogP contribution in [-0.2, 0) is 0 Å². The number of carbonyl (C=O) groups is 1. The number of hydrogen-bond acceptors (Lipinski definition) is 6. The molecule has 4 aromatic rings. The van der Waals surface area contributed by atoms with Crippen LogP contribution in [-0.4, -0.2) is 21.0 Å². The number of benzene rings is 1. The molecule has 0 unspecified atom stereocenters. The fraction of sp³-hybridized carbons (Fsp3) is 0. The van der Waals surface area contributed by atoms with Crippen molar-refractivity contribution in [2.45, 2.75) is 0 Å². The van der Waals surface area contributed by atoms with E-state index in [1.54, 1.807) is 17.9 Å². The smallest absolute Gasteiger partial charge is 0.307 e. The maximum absolute atomic E-state index is 12.9. The zero-order valence-corrected chi connectivity index (χ0v) is 15.1. The summed E-state index contributed by atoms with van der Waals surface area (Å²) in [6, 6.07) is 12.8. The van der Waals surface area contributed by atoms with Crippen LogP contribution in [0.2, 0.25) is 0 Å². The van der Waals surface area contributed by atoms with Crippen LogP contribution in [0.5, 0.6) is 0 Å². The minimum Gasteiger partial charge on any atom is -0.307 e. The van der Waals surface area contributed by atoms with Gasteiger partial charge >= 0.3 is 6.03 Å². The first-order chi connectivity index (χ1) is 12.8. The number of carbonyl (C=O) groups excluding carboxylic acids is 1. The van der Waals surface area contributed by atoms with Crippen molar-refractivity contribution in [3.8, 4) is 10.6 Å². The maximum Gasteiger partial charge on any atom is 0.333 e. The van der Waals surface area contributed by atoms with Gasteiger partial charge in [0.05, 0.1) is 5.51 Å². The molecule has 0 saturated carbocycles. The van der Waals surface area contributed by atoms with Crippen molar-refractivity contribution in [3.63, 3.8) is 0 Å². The van der Waals surface area contributed by atoms with E-state index < -0.39 is 0 Å². The lowest BCUT2D eigenvalue weighted by Crippen LogP contribution is -2.31. The molecule has 26 heavy (non-hydrogen) atoms. The maximum atomic E-state index is 12.9. The third-order valence-electron chi connectivity index (χ3n) is 3.51. The molecular weight excluding hydrogens is 366 g/mol. The van der Waals surface area contributed by atoms with E-state index in [1.165, 1.54) is 27.6 Å². The van der Waals surface area contributed by atoms with E-state index in [-0.39, 0.29) is 6.03 Å². The molecule has 0 aliphatic carbocycles. The minimum absolute atomic E-state index is 0.315. The molecule has 1 aromatic carbocycles. The number of anilines is 3. The number of pyridine rings is 1. The van der Waals surface area contributed by atoms with E-state index in [0.717, 1.165) is 10.6 Å². The SMILES string of the molecule is O=C(Nc1ccccc1)N(c1cscn1)c1csc(-c2cccnc2)n1. The van der Waals surface area contributed by atoms with Crippen LogP contribution in [0.3, 0.4) is 0 Å². The molecule has 0 atom stereocenters. The van der Waals surface area contributed by atoms with E-state index in [9.17, 15) is 4.79 Å². The van der Waals surface area contributed by atoms with Crippen LogP contribution >= 0.6 is 22.7 Å². The molecule has 0 radical (unpaired) electrons. The summed E-state index contributed by atoms with van der Waals surface area (Å²) >= 11 is 2.88. The summed E-state index contributed by atoms with van der Waals surface area (Å²) in [5.41, 5.74) is 3.30. The molecule has 0 spiro atoms. The van der Waals surface area contributed by atoms with Crippen molar-refractivity contribution in [3.05, 3.63) is 71.1 Å². The van der Waals surface area contributed by atoms with E-state index in [1.807, 2.05) is 53.2 Å². The van der Waals surface area contributed by atoms with E-state index in [4.69, 9.17) is 0 Å². The molecule has 2 amide bonds. The van der Waals surface area contributed by atoms with Crippen molar-refractivity contribution < 1.29 is 4.79 Å².